The summed E-state index contributed by atoms with van der Waals surface area (Å²) >= 11 is 0. The van der Waals surface area contributed by atoms with Crippen molar-refractivity contribution in [1.82, 2.24) is 10.2 Å². The second-order valence-corrected chi connectivity index (χ2v) is 5.61. The molecule has 0 spiro atoms. The maximum absolute atomic E-state index is 9.45. The predicted molar refractivity (Wildman–Crippen MR) is 74.9 cm³/mol. The van der Waals surface area contributed by atoms with Crippen molar-refractivity contribution in [1.29, 1.82) is 0 Å². The van der Waals surface area contributed by atoms with Crippen molar-refractivity contribution in [2.24, 2.45) is 0 Å². The van der Waals surface area contributed by atoms with Crippen LogP contribution in [0.2, 0.25) is 0 Å². The summed E-state index contributed by atoms with van der Waals surface area (Å²) in [6.07, 6.45) is 4.83. The molecular weight excluding hydrogens is 228 g/mol. The van der Waals surface area contributed by atoms with Gasteiger partial charge in [-0.15, -0.1) is 0 Å². The van der Waals surface area contributed by atoms with E-state index in [9.17, 15) is 5.11 Å². The lowest BCUT2D eigenvalue weighted by Crippen LogP contribution is -2.46. The molecule has 0 saturated heterocycles. The average Bonchev–Trinajstić information content (AvgIpc) is 3.18. The van der Waals surface area contributed by atoms with Crippen LogP contribution in [0.15, 0.2) is 0 Å². The summed E-state index contributed by atoms with van der Waals surface area (Å²) in [5.74, 6) is 0. The van der Waals surface area contributed by atoms with E-state index in [1.165, 1.54) is 12.8 Å². The number of nitrogens with one attached hydrogen (secondary N) is 1. The molecule has 4 nitrogen and oxygen atoms in total. The minimum absolute atomic E-state index is 0.120. The number of nitrogens with zero attached hydrogens (tertiary/aromatic N) is 1. The Balaban J connectivity index is 2.24. The van der Waals surface area contributed by atoms with E-state index >= 15 is 0 Å². The van der Waals surface area contributed by atoms with Crippen molar-refractivity contribution in [2.75, 3.05) is 40.0 Å². The van der Waals surface area contributed by atoms with E-state index in [-0.39, 0.29) is 12.1 Å². The highest BCUT2D eigenvalue weighted by Crippen LogP contribution is 2.27. The van der Waals surface area contributed by atoms with E-state index < -0.39 is 0 Å². The third kappa shape index (κ3) is 5.65. The van der Waals surface area contributed by atoms with Gasteiger partial charge in [-0.25, -0.2) is 0 Å². The molecule has 108 valence electrons. The van der Waals surface area contributed by atoms with Crippen LogP contribution in [0.25, 0.3) is 0 Å². The van der Waals surface area contributed by atoms with Crippen LogP contribution in [0, 0.1) is 0 Å². The van der Waals surface area contributed by atoms with Gasteiger partial charge in [0.1, 0.15) is 0 Å². The number of likely N-dealkylation sites (N-methyl/N-ethyl adjacent to an activating group) is 1. The SMILES string of the molecule is CCNC(C)(CO)CCCN(CCOC)C1CC1. The highest BCUT2D eigenvalue weighted by Gasteiger charge is 2.29. The van der Waals surface area contributed by atoms with E-state index in [2.05, 4.69) is 24.1 Å². The standard InChI is InChI=1S/C14H30N2O2/c1-4-15-14(2,12-17)8-5-9-16(10-11-18-3)13-6-7-13/h13,15,17H,4-12H2,1-3H3. The van der Waals surface area contributed by atoms with Crippen molar-refractivity contribution in [3.63, 3.8) is 0 Å². The number of methoxy groups -OCH3 is 1. The highest BCUT2D eigenvalue weighted by molar-refractivity contribution is 4.86. The Morgan fingerprint density at radius 2 is 2.11 bits per heavy atom. The second kappa shape index (κ2) is 8.10. The monoisotopic (exact) mass is 258 g/mol. The number of hydrogen-bond acceptors (Lipinski definition) is 4. The van der Waals surface area contributed by atoms with Crippen LogP contribution in [-0.4, -0.2) is 61.5 Å². The van der Waals surface area contributed by atoms with Gasteiger partial charge in [0.15, 0.2) is 0 Å². The Kier molecular flexibility index (Phi) is 7.15. The fraction of sp³-hybridized carbons (Fsp3) is 1.00. The zero-order valence-corrected chi connectivity index (χ0v) is 12.2. The van der Waals surface area contributed by atoms with Crippen LogP contribution in [0.3, 0.4) is 0 Å². The third-order valence-corrected chi connectivity index (χ3v) is 3.77. The predicted octanol–water partition coefficient (Wildman–Crippen LogP) is 1.24. The van der Waals surface area contributed by atoms with Gasteiger partial charge in [0, 0.05) is 25.2 Å². The summed E-state index contributed by atoms with van der Waals surface area (Å²) in [7, 11) is 1.76. The lowest BCUT2D eigenvalue weighted by atomic mass is 9.96. The average molecular weight is 258 g/mol. The van der Waals surface area contributed by atoms with E-state index in [4.69, 9.17) is 4.74 Å². The molecule has 1 rings (SSSR count). The maximum Gasteiger partial charge on any atom is 0.0610 e. The van der Waals surface area contributed by atoms with Crippen molar-refractivity contribution >= 4 is 0 Å². The topological polar surface area (TPSA) is 44.7 Å². The first-order chi connectivity index (χ1) is 8.65. The Labute approximate surface area is 112 Å². The molecule has 1 atom stereocenters. The molecule has 0 bridgehead atoms. The molecule has 0 aromatic carbocycles. The van der Waals surface area contributed by atoms with Gasteiger partial charge in [0.05, 0.1) is 13.2 Å². The zero-order valence-electron chi connectivity index (χ0n) is 12.2. The Hall–Kier alpha value is -0.160. The Bertz CT molecular complexity index is 222. The van der Waals surface area contributed by atoms with Crippen LogP contribution >= 0.6 is 0 Å². The van der Waals surface area contributed by atoms with Crippen LogP contribution in [0.4, 0.5) is 0 Å². The molecule has 1 unspecified atom stereocenters. The summed E-state index contributed by atoms with van der Waals surface area (Å²) in [5, 5.41) is 12.8. The van der Waals surface area contributed by atoms with Crippen LogP contribution in [0.1, 0.15) is 39.5 Å². The second-order valence-electron chi connectivity index (χ2n) is 5.61. The third-order valence-electron chi connectivity index (χ3n) is 3.77. The first-order valence-electron chi connectivity index (χ1n) is 7.24. The van der Waals surface area contributed by atoms with E-state index in [1.54, 1.807) is 7.11 Å². The van der Waals surface area contributed by atoms with Crippen LogP contribution < -0.4 is 5.32 Å². The smallest absolute Gasteiger partial charge is 0.0610 e. The van der Waals surface area contributed by atoms with Gasteiger partial charge < -0.3 is 15.2 Å². The normalized spacial score (nSPS) is 19.2. The van der Waals surface area contributed by atoms with Gasteiger partial charge in [-0.3, -0.25) is 4.90 Å². The van der Waals surface area contributed by atoms with Gasteiger partial charge in [-0.1, -0.05) is 6.92 Å². The quantitative estimate of drug-likeness (QED) is 0.585. The van der Waals surface area contributed by atoms with Crippen LogP contribution in [0.5, 0.6) is 0 Å². The molecule has 2 N–H and O–H groups in total. The fourth-order valence-electron chi connectivity index (χ4n) is 2.45. The summed E-state index contributed by atoms with van der Waals surface area (Å²) in [6.45, 7) is 8.29. The molecule has 0 radical (unpaired) electrons. The number of rotatable bonds is 11. The number of aliphatic hydroxyl groups excluding tert-OH is 1. The highest BCUT2D eigenvalue weighted by atomic mass is 16.5. The lowest BCUT2D eigenvalue weighted by molar-refractivity contribution is 0.131. The van der Waals surface area contributed by atoms with Crippen LogP contribution in [-0.2, 0) is 4.74 Å². The summed E-state index contributed by atoms with van der Waals surface area (Å²) in [5.41, 5.74) is -0.120. The summed E-state index contributed by atoms with van der Waals surface area (Å²) in [4.78, 5) is 2.53. The van der Waals surface area contributed by atoms with Gasteiger partial charge >= 0.3 is 0 Å². The lowest BCUT2D eigenvalue weighted by Gasteiger charge is -2.30. The molecule has 4 heteroatoms. The molecule has 0 amide bonds. The summed E-state index contributed by atoms with van der Waals surface area (Å²) < 4.78 is 5.16. The molecule has 1 fully saturated rings. The first-order valence-corrected chi connectivity index (χ1v) is 7.24. The van der Waals surface area contributed by atoms with Gasteiger partial charge in [-0.2, -0.15) is 0 Å². The molecule has 0 aliphatic heterocycles. The fourth-order valence-corrected chi connectivity index (χ4v) is 2.45. The summed E-state index contributed by atoms with van der Waals surface area (Å²) in [6, 6.07) is 0.791. The molecular formula is C14H30N2O2. The van der Waals surface area contributed by atoms with Crippen molar-refractivity contribution in [2.45, 2.75) is 51.1 Å². The van der Waals surface area contributed by atoms with Gasteiger partial charge in [-0.05, 0) is 45.7 Å². The number of hydrogen-bond donors (Lipinski definition) is 2. The van der Waals surface area contributed by atoms with Gasteiger partial charge in [0.2, 0.25) is 0 Å². The zero-order chi connectivity index (χ0) is 13.4. The van der Waals surface area contributed by atoms with E-state index in [0.717, 1.165) is 45.1 Å². The molecule has 18 heavy (non-hydrogen) atoms. The molecule has 1 aliphatic rings. The maximum atomic E-state index is 9.45. The van der Waals surface area contributed by atoms with Gasteiger partial charge in [0.25, 0.3) is 0 Å². The Morgan fingerprint density at radius 1 is 1.39 bits per heavy atom. The molecule has 0 heterocycles. The largest absolute Gasteiger partial charge is 0.394 e. The molecule has 1 saturated carbocycles. The number of aliphatic hydroxyl groups is 1. The molecule has 1 aliphatic carbocycles. The van der Waals surface area contributed by atoms with Crippen molar-refractivity contribution in [3.8, 4) is 0 Å². The minimum Gasteiger partial charge on any atom is -0.394 e. The van der Waals surface area contributed by atoms with E-state index in [1.807, 2.05) is 0 Å². The van der Waals surface area contributed by atoms with E-state index in [0.29, 0.717) is 0 Å². The van der Waals surface area contributed by atoms with Crippen molar-refractivity contribution < 1.29 is 9.84 Å². The number of ether oxygens (including phenoxy) is 1. The van der Waals surface area contributed by atoms with Crippen molar-refractivity contribution in [3.05, 3.63) is 0 Å². The molecule has 0 aromatic rings. The molecule has 0 aromatic heterocycles. The Morgan fingerprint density at radius 3 is 2.61 bits per heavy atom. The first kappa shape index (κ1) is 15.9. The minimum atomic E-state index is -0.120.